The van der Waals surface area contributed by atoms with E-state index in [9.17, 15) is 0 Å². The van der Waals surface area contributed by atoms with Gasteiger partial charge in [-0.25, -0.2) is 0 Å². The molecule has 3 nitrogen and oxygen atoms in total. The summed E-state index contributed by atoms with van der Waals surface area (Å²) in [7, 11) is 1.69. The maximum absolute atomic E-state index is 5.60. The molecule has 0 saturated carbocycles. The molecule has 3 N–H and O–H groups in total. The number of hydrogen-bond acceptors (Lipinski definition) is 3. The van der Waals surface area contributed by atoms with Crippen molar-refractivity contribution in [2.45, 2.75) is 12.1 Å². The standard InChI is InChI=1S/C5H12N2O/c1-8-5-3-7-2-4(5)6/h4-5,7H,2-3,6H2,1H3/t4-,5+/m1/s1. The highest BCUT2D eigenvalue weighted by Gasteiger charge is 2.22. The molecule has 1 aliphatic heterocycles. The number of methoxy groups -OCH3 is 1. The van der Waals surface area contributed by atoms with Gasteiger partial charge in [-0.1, -0.05) is 0 Å². The van der Waals surface area contributed by atoms with Gasteiger partial charge >= 0.3 is 0 Å². The van der Waals surface area contributed by atoms with Crippen LogP contribution >= 0.6 is 0 Å². The number of nitrogens with one attached hydrogen (secondary N) is 1. The average molecular weight is 116 g/mol. The van der Waals surface area contributed by atoms with E-state index < -0.39 is 0 Å². The Morgan fingerprint density at radius 1 is 1.62 bits per heavy atom. The van der Waals surface area contributed by atoms with Crippen molar-refractivity contribution in [1.82, 2.24) is 5.32 Å². The van der Waals surface area contributed by atoms with Crippen molar-refractivity contribution in [2.24, 2.45) is 5.73 Å². The van der Waals surface area contributed by atoms with Crippen molar-refractivity contribution in [3.05, 3.63) is 0 Å². The highest BCUT2D eigenvalue weighted by Crippen LogP contribution is 1.98. The molecule has 3 heteroatoms. The van der Waals surface area contributed by atoms with Crippen LogP contribution in [0.3, 0.4) is 0 Å². The van der Waals surface area contributed by atoms with Gasteiger partial charge in [0.05, 0.1) is 6.10 Å². The Balaban J connectivity index is 2.30. The normalized spacial score (nSPS) is 38.2. The highest BCUT2D eigenvalue weighted by atomic mass is 16.5. The molecule has 0 aromatic carbocycles. The smallest absolute Gasteiger partial charge is 0.0858 e. The molecule has 0 spiro atoms. The second kappa shape index (κ2) is 2.44. The van der Waals surface area contributed by atoms with Crippen molar-refractivity contribution < 1.29 is 4.74 Å². The molecule has 48 valence electrons. The topological polar surface area (TPSA) is 47.3 Å². The highest BCUT2D eigenvalue weighted by molar-refractivity contribution is 4.84. The molecule has 0 amide bonds. The fourth-order valence-corrected chi connectivity index (χ4v) is 0.933. The molecule has 1 saturated heterocycles. The lowest BCUT2D eigenvalue weighted by Gasteiger charge is -2.10. The van der Waals surface area contributed by atoms with Gasteiger partial charge in [-0.3, -0.25) is 0 Å². The molecule has 1 heterocycles. The van der Waals surface area contributed by atoms with Gasteiger partial charge in [0.25, 0.3) is 0 Å². The van der Waals surface area contributed by atoms with Crippen LogP contribution in [0.4, 0.5) is 0 Å². The Bertz CT molecular complexity index is 76.8. The van der Waals surface area contributed by atoms with Crippen molar-refractivity contribution in [3.8, 4) is 0 Å². The largest absolute Gasteiger partial charge is 0.378 e. The van der Waals surface area contributed by atoms with Crippen LogP contribution in [0.2, 0.25) is 0 Å². The molecule has 0 aromatic heterocycles. The summed E-state index contributed by atoms with van der Waals surface area (Å²) in [4.78, 5) is 0. The van der Waals surface area contributed by atoms with Crippen molar-refractivity contribution >= 4 is 0 Å². The second-order valence-corrected chi connectivity index (χ2v) is 2.10. The zero-order chi connectivity index (χ0) is 5.98. The van der Waals surface area contributed by atoms with E-state index in [-0.39, 0.29) is 12.1 Å². The predicted octanol–water partition coefficient (Wildman–Crippen LogP) is -1.07. The first-order valence-electron chi connectivity index (χ1n) is 2.83. The molecule has 1 fully saturated rings. The summed E-state index contributed by atoms with van der Waals surface area (Å²) in [5, 5.41) is 3.12. The molecule has 0 bridgehead atoms. The van der Waals surface area contributed by atoms with E-state index in [4.69, 9.17) is 10.5 Å². The molecule has 0 radical (unpaired) electrons. The maximum Gasteiger partial charge on any atom is 0.0858 e. The third-order valence-electron chi connectivity index (χ3n) is 1.51. The summed E-state index contributed by atoms with van der Waals surface area (Å²) in [5.41, 5.74) is 5.60. The molecule has 0 aromatic rings. The van der Waals surface area contributed by atoms with Crippen LogP contribution < -0.4 is 11.1 Å². The Hall–Kier alpha value is -0.120. The first kappa shape index (κ1) is 6.01. The van der Waals surface area contributed by atoms with Gasteiger partial charge in [0, 0.05) is 26.2 Å². The summed E-state index contributed by atoms with van der Waals surface area (Å²) in [6, 6.07) is 0.194. The van der Waals surface area contributed by atoms with Gasteiger partial charge < -0.3 is 15.8 Å². The van der Waals surface area contributed by atoms with Crippen LogP contribution in [0.5, 0.6) is 0 Å². The van der Waals surface area contributed by atoms with Crippen molar-refractivity contribution in [2.75, 3.05) is 20.2 Å². The lowest BCUT2D eigenvalue weighted by atomic mass is 10.2. The molecular formula is C5H12N2O. The van der Waals surface area contributed by atoms with Crippen LogP contribution in [0.1, 0.15) is 0 Å². The average Bonchev–Trinajstić information content (AvgIpc) is 2.14. The van der Waals surface area contributed by atoms with Crippen LogP contribution in [0.25, 0.3) is 0 Å². The van der Waals surface area contributed by atoms with E-state index in [1.54, 1.807) is 7.11 Å². The Kier molecular flexibility index (Phi) is 1.83. The predicted molar refractivity (Wildman–Crippen MR) is 31.6 cm³/mol. The van der Waals surface area contributed by atoms with Crippen molar-refractivity contribution in [3.63, 3.8) is 0 Å². The van der Waals surface area contributed by atoms with Crippen LogP contribution in [0.15, 0.2) is 0 Å². The maximum atomic E-state index is 5.60. The minimum Gasteiger partial charge on any atom is -0.378 e. The number of rotatable bonds is 1. The number of nitrogens with two attached hydrogens (primary N) is 1. The zero-order valence-electron chi connectivity index (χ0n) is 5.05. The van der Waals surface area contributed by atoms with E-state index in [1.807, 2.05) is 0 Å². The summed E-state index contributed by atoms with van der Waals surface area (Å²) < 4.78 is 5.04. The first-order valence-corrected chi connectivity index (χ1v) is 2.83. The van der Waals surface area contributed by atoms with Gasteiger partial charge in [0.15, 0.2) is 0 Å². The fourth-order valence-electron chi connectivity index (χ4n) is 0.933. The van der Waals surface area contributed by atoms with E-state index in [1.165, 1.54) is 0 Å². The number of ether oxygens (including phenoxy) is 1. The first-order chi connectivity index (χ1) is 3.84. The lowest BCUT2D eigenvalue weighted by Crippen LogP contribution is -2.34. The SMILES string of the molecule is CO[C@H]1CNC[C@H]1N. The summed E-state index contributed by atoms with van der Waals surface area (Å²) in [5.74, 6) is 0. The molecule has 1 rings (SSSR count). The Labute approximate surface area is 49.2 Å². The van der Waals surface area contributed by atoms with E-state index >= 15 is 0 Å². The molecule has 0 aliphatic carbocycles. The van der Waals surface area contributed by atoms with Crippen LogP contribution in [-0.4, -0.2) is 32.3 Å². The van der Waals surface area contributed by atoms with Gasteiger partial charge in [0.2, 0.25) is 0 Å². The van der Waals surface area contributed by atoms with E-state index in [0.717, 1.165) is 13.1 Å². The van der Waals surface area contributed by atoms with Crippen LogP contribution in [0, 0.1) is 0 Å². The van der Waals surface area contributed by atoms with Crippen molar-refractivity contribution in [1.29, 1.82) is 0 Å². The minimum absolute atomic E-state index is 0.194. The summed E-state index contributed by atoms with van der Waals surface area (Å²) in [6.07, 6.45) is 0.231. The molecule has 2 atom stereocenters. The monoisotopic (exact) mass is 116 g/mol. The summed E-state index contributed by atoms with van der Waals surface area (Å²) in [6.45, 7) is 1.79. The van der Waals surface area contributed by atoms with Gasteiger partial charge in [0.1, 0.15) is 0 Å². The summed E-state index contributed by atoms with van der Waals surface area (Å²) >= 11 is 0. The third-order valence-corrected chi connectivity index (χ3v) is 1.51. The van der Waals surface area contributed by atoms with Crippen LogP contribution in [-0.2, 0) is 4.74 Å². The van der Waals surface area contributed by atoms with E-state index in [2.05, 4.69) is 5.32 Å². The number of hydrogen-bond donors (Lipinski definition) is 2. The molecule has 0 unspecified atom stereocenters. The second-order valence-electron chi connectivity index (χ2n) is 2.10. The Morgan fingerprint density at radius 2 is 2.38 bits per heavy atom. The molecule has 1 aliphatic rings. The molecular weight excluding hydrogens is 104 g/mol. The quantitative estimate of drug-likeness (QED) is 0.458. The Morgan fingerprint density at radius 3 is 2.62 bits per heavy atom. The van der Waals surface area contributed by atoms with Gasteiger partial charge in [-0.05, 0) is 0 Å². The third kappa shape index (κ3) is 0.992. The zero-order valence-corrected chi connectivity index (χ0v) is 5.05. The van der Waals surface area contributed by atoms with Gasteiger partial charge in [-0.15, -0.1) is 0 Å². The molecule has 8 heavy (non-hydrogen) atoms. The lowest BCUT2D eigenvalue weighted by molar-refractivity contribution is 0.107. The van der Waals surface area contributed by atoms with E-state index in [0.29, 0.717) is 0 Å². The van der Waals surface area contributed by atoms with Gasteiger partial charge in [-0.2, -0.15) is 0 Å². The fraction of sp³-hybridized carbons (Fsp3) is 1.00. The minimum atomic E-state index is 0.194.